The molecule has 0 saturated heterocycles. The fourth-order valence-electron chi connectivity index (χ4n) is 1.50. The molecule has 1 aromatic carbocycles. The van der Waals surface area contributed by atoms with Crippen LogP contribution < -0.4 is 0 Å². The third-order valence-electron chi connectivity index (χ3n) is 2.41. The quantitative estimate of drug-likeness (QED) is 0.603. The van der Waals surface area contributed by atoms with E-state index in [1.165, 1.54) is 13.2 Å². The van der Waals surface area contributed by atoms with Crippen LogP contribution in [0.5, 0.6) is 0 Å². The highest BCUT2D eigenvalue weighted by molar-refractivity contribution is 5.86. The molecule has 18 heavy (non-hydrogen) atoms. The first-order chi connectivity index (χ1) is 8.79. The highest BCUT2D eigenvalue weighted by atomic mass is 16.5. The van der Waals surface area contributed by atoms with Crippen LogP contribution in [0, 0.1) is 0 Å². The Kier molecular flexibility index (Phi) is 3.86. The van der Waals surface area contributed by atoms with Gasteiger partial charge in [-0.05, 0) is 11.6 Å². The van der Waals surface area contributed by atoms with E-state index in [9.17, 15) is 4.79 Å². The van der Waals surface area contributed by atoms with Crippen molar-refractivity contribution in [3.63, 3.8) is 0 Å². The van der Waals surface area contributed by atoms with E-state index in [4.69, 9.17) is 0 Å². The van der Waals surface area contributed by atoms with Crippen LogP contribution in [-0.4, -0.2) is 28.1 Å². The van der Waals surface area contributed by atoms with Crippen LogP contribution in [0.25, 0.3) is 6.08 Å². The van der Waals surface area contributed by atoms with Crippen molar-refractivity contribution in [1.82, 2.24) is 15.0 Å². The number of aromatic nitrogens is 3. The Balaban J connectivity index is 2.13. The van der Waals surface area contributed by atoms with Gasteiger partial charge in [0, 0.05) is 6.08 Å². The van der Waals surface area contributed by atoms with Crippen molar-refractivity contribution in [2.24, 2.45) is 0 Å². The van der Waals surface area contributed by atoms with Crippen molar-refractivity contribution in [2.75, 3.05) is 7.11 Å². The Labute approximate surface area is 105 Å². The highest BCUT2D eigenvalue weighted by Crippen LogP contribution is 2.05. The normalized spacial score (nSPS) is 10.7. The molecular formula is C13H13N3O2. The molecule has 1 heterocycles. The molecule has 1 aromatic heterocycles. The first-order valence-electron chi connectivity index (χ1n) is 5.48. The van der Waals surface area contributed by atoms with Crippen molar-refractivity contribution in [3.05, 3.63) is 53.9 Å². The molecule has 0 radical (unpaired) electrons. The molecule has 0 spiro atoms. The second-order valence-corrected chi connectivity index (χ2v) is 3.66. The molecule has 0 unspecified atom stereocenters. The largest absolute Gasteiger partial charge is 0.466 e. The average molecular weight is 243 g/mol. The van der Waals surface area contributed by atoms with Crippen molar-refractivity contribution in [2.45, 2.75) is 6.54 Å². The number of rotatable bonds is 4. The van der Waals surface area contributed by atoms with E-state index in [1.54, 1.807) is 17.0 Å². The average Bonchev–Trinajstić information content (AvgIpc) is 2.84. The molecule has 0 N–H and O–H groups in total. The Hall–Kier alpha value is -2.43. The number of nitrogens with zero attached hydrogens (tertiary/aromatic N) is 3. The zero-order valence-corrected chi connectivity index (χ0v) is 9.98. The van der Waals surface area contributed by atoms with Gasteiger partial charge in [0.2, 0.25) is 0 Å². The van der Waals surface area contributed by atoms with E-state index in [0.717, 1.165) is 11.3 Å². The van der Waals surface area contributed by atoms with Crippen LogP contribution in [0.4, 0.5) is 0 Å². The summed E-state index contributed by atoms with van der Waals surface area (Å²) >= 11 is 0. The van der Waals surface area contributed by atoms with Crippen LogP contribution in [0.15, 0.2) is 42.6 Å². The first kappa shape index (κ1) is 12.0. The van der Waals surface area contributed by atoms with Gasteiger partial charge in [-0.1, -0.05) is 35.5 Å². The third kappa shape index (κ3) is 3.04. The summed E-state index contributed by atoms with van der Waals surface area (Å²) in [6.45, 7) is 0.613. The summed E-state index contributed by atoms with van der Waals surface area (Å²) in [5.41, 5.74) is 1.87. The maximum atomic E-state index is 11.0. The molecule has 0 bridgehead atoms. The van der Waals surface area contributed by atoms with Gasteiger partial charge in [-0.3, -0.25) is 0 Å². The summed E-state index contributed by atoms with van der Waals surface area (Å²) in [7, 11) is 1.34. The minimum Gasteiger partial charge on any atom is -0.466 e. The predicted molar refractivity (Wildman–Crippen MR) is 66.6 cm³/mol. The molecule has 0 fully saturated rings. The second kappa shape index (κ2) is 5.77. The minimum absolute atomic E-state index is 0.400. The monoisotopic (exact) mass is 243 g/mol. The standard InChI is InChI=1S/C13H13N3O2/c1-18-13(17)8-7-12-9-14-15-16(12)10-11-5-3-2-4-6-11/h2-9H,10H2,1H3/b8-7+. The molecule has 2 aromatic rings. The molecule has 0 aliphatic carbocycles. The van der Waals surface area contributed by atoms with Gasteiger partial charge in [0.05, 0.1) is 25.5 Å². The molecule has 5 nitrogen and oxygen atoms in total. The van der Waals surface area contributed by atoms with E-state index in [1.807, 2.05) is 30.3 Å². The lowest BCUT2D eigenvalue weighted by molar-refractivity contribution is -0.134. The Morgan fingerprint density at radius 1 is 1.39 bits per heavy atom. The van der Waals surface area contributed by atoms with Gasteiger partial charge < -0.3 is 4.74 Å². The van der Waals surface area contributed by atoms with E-state index in [2.05, 4.69) is 15.0 Å². The number of hydrogen-bond donors (Lipinski definition) is 0. The number of benzene rings is 1. The lowest BCUT2D eigenvalue weighted by Crippen LogP contribution is -2.04. The predicted octanol–water partition coefficient (Wildman–Crippen LogP) is 1.51. The molecule has 0 aliphatic rings. The van der Waals surface area contributed by atoms with Gasteiger partial charge >= 0.3 is 5.97 Å². The molecule has 0 amide bonds. The Morgan fingerprint density at radius 3 is 2.89 bits per heavy atom. The lowest BCUT2D eigenvalue weighted by Gasteiger charge is -2.02. The number of hydrogen-bond acceptors (Lipinski definition) is 4. The summed E-state index contributed by atoms with van der Waals surface area (Å²) in [6.07, 6.45) is 4.58. The summed E-state index contributed by atoms with van der Waals surface area (Å²) in [6, 6.07) is 9.92. The number of esters is 1. The maximum Gasteiger partial charge on any atom is 0.330 e. The molecule has 0 aliphatic heterocycles. The fraction of sp³-hybridized carbons (Fsp3) is 0.154. The van der Waals surface area contributed by atoms with Gasteiger partial charge in [-0.25, -0.2) is 9.48 Å². The third-order valence-corrected chi connectivity index (χ3v) is 2.41. The van der Waals surface area contributed by atoms with E-state index < -0.39 is 5.97 Å². The summed E-state index contributed by atoms with van der Waals surface area (Å²) in [4.78, 5) is 11.0. The number of carbonyl (C=O) groups excluding carboxylic acids is 1. The van der Waals surface area contributed by atoms with Crippen LogP contribution in [0.1, 0.15) is 11.3 Å². The number of carbonyl (C=O) groups is 1. The van der Waals surface area contributed by atoms with Gasteiger partial charge in [-0.2, -0.15) is 0 Å². The van der Waals surface area contributed by atoms with E-state index in [-0.39, 0.29) is 0 Å². The van der Waals surface area contributed by atoms with Gasteiger partial charge in [0.1, 0.15) is 0 Å². The van der Waals surface area contributed by atoms with Crippen LogP contribution in [0.3, 0.4) is 0 Å². The van der Waals surface area contributed by atoms with Crippen LogP contribution >= 0.6 is 0 Å². The van der Waals surface area contributed by atoms with Crippen LogP contribution in [0.2, 0.25) is 0 Å². The molecule has 0 saturated carbocycles. The number of methoxy groups -OCH3 is 1. The zero-order valence-electron chi connectivity index (χ0n) is 9.98. The van der Waals surface area contributed by atoms with E-state index >= 15 is 0 Å². The van der Waals surface area contributed by atoms with Gasteiger partial charge in [0.15, 0.2) is 0 Å². The summed E-state index contributed by atoms with van der Waals surface area (Å²) in [5.74, 6) is -0.400. The van der Waals surface area contributed by atoms with Gasteiger partial charge in [0.25, 0.3) is 0 Å². The van der Waals surface area contributed by atoms with Crippen LogP contribution in [-0.2, 0) is 16.1 Å². The lowest BCUT2D eigenvalue weighted by atomic mass is 10.2. The SMILES string of the molecule is COC(=O)/C=C/c1cnnn1Cc1ccccc1. The van der Waals surface area contributed by atoms with Crippen molar-refractivity contribution < 1.29 is 9.53 Å². The second-order valence-electron chi connectivity index (χ2n) is 3.66. The highest BCUT2D eigenvalue weighted by Gasteiger charge is 2.02. The zero-order chi connectivity index (χ0) is 12.8. The molecule has 92 valence electrons. The Morgan fingerprint density at radius 2 is 2.17 bits per heavy atom. The first-order valence-corrected chi connectivity index (χ1v) is 5.48. The molecule has 0 atom stereocenters. The smallest absolute Gasteiger partial charge is 0.330 e. The maximum absolute atomic E-state index is 11.0. The van der Waals surface area contributed by atoms with Gasteiger partial charge in [-0.15, -0.1) is 5.10 Å². The summed E-state index contributed by atoms with van der Waals surface area (Å²) < 4.78 is 6.25. The molecular weight excluding hydrogens is 230 g/mol. The fourth-order valence-corrected chi connectivity index (χ4v) is 1.50. The minimum atomic E-state index is -0.400. The molecule has 2 rings (SSSR count). The van der Waals surface area contributed by atoms with Crippen molar-refractivity contribution in [1.29, 1.82) is 0 Å². The summed E-state index contributed by atoms with van der Waals surface area (Å²) in [5, 5.41) is 7.81. The number of ether oxygens (including phenoxy) is 1. The molecule has 5 heteroatoms. The topological polar surface area (TPSA) is 57.0 Å². The van der Waals surface area contributed by atoms with E-state index in [0.29, 0.717) is 6.54 Å². The van der Waals surface area contributed by atoms with Crippen molar-refractivity contribution in [3.8, 4) is 0 Å². The van der Waals surface area contributed by atoms with Crippen molar-refractivity contribution >= 4 is 12.0 Å². The Bertz CT molecular complexity index is 546.